The summed E-state index contributed by atoms with van der Waals surface area (Å²) in [6.45, 7) is 4.66. The van der Waals surface area contributed by atoms with E-state index < -0.39 is 59.9 Å². The fourth-order valence-electron chi connectivity index (χ4n) is 2.47. The second kappa shape index (κ2) is 13.8. The van der Waals surface area contributed by atoms with Gasteiger partial charge in [0, 0.05) is 12.2 Å². The molecule has 0 bridgehead atoms. The van der Waals surface area contributed by atoms with E-state index in [0.29, 0.717) is 6.42 Å². The van der Waals surface area contributed by atoms with Crippen LogP contribution in [0.2, 0.25) is 0 Å². The maximum absolute atomic E-state index is 12.8. The number of carbonyl (C=O) groups excluding carboxylic acids is 3. The molecule has 0 aliphatic heterocycles. The molecule has 0 rings (SSSR count). The second-order valence-electron chi connectivity index (χ2n) is 7.22. The molecule has 3 amide bonds. The molecule has 6 atom stereocenters. The van der Waals surface area contributed by atoms with Gasteiger partial charge in [0.15, 0.2) is 6.04 Å². The summed E-state index contributed by atoms with van der Waals surface area (Å²) in [5, 5.41) is 34.3. The van der Waals surface area contributed by atoms with Crippen LogP contribution in [0, 0.1) is 5.92 Å². The minimum Gasteiger partial charge on any atom is -0.481 e. The van der Waals surface area contributed by atoms with Crippen LogP contribution in [0.1, 0.15) is 40.0 Å². The molecule has 0 aromatic heterocycles. The number of carbonyl (C=O) groups is 5. The van der Waals surface area contributed by atoms with Crippen molar-refractivity contribution in [1.29, 1.82) is 0 Å². The van der Waals surface area contributed by atoms with Gasteiger partial charge in [-0.25, -0.2) is 4.79 Å². The van der Waals surface area contributed by atoms with E-state index >= 15 is 0 Å². The zero-order valence-electron chi connectivity index (χ0n) is 17.7. The van der Waals surface area contributed by atoms with Gasteiger partial charge in [0.05, 0.1) is 12.1 Å². The smallest absolute Gasteiger partial charge is 0.328 e. The van der Waals surface area contributed by atoms with Crippen molar-refractivity contribution in [3.8, 4) is 0 Å². The van der Waals surface area contributed by atoms with Gasteiger partial charge in [-0.2, -0.15) is 12.6 Å². The number of aliphatic hydroxyl groups is 1. The number of aliphatic carboxylic acids is 2. The second-order valence-corrected chi connectivity index (χ2v) is 7.58. The molecule has 0 spiro atoms. The Kier molecular flexibility index (Phi) is 12.8. The van der Waals surface area contributed by atoms with E-state index in [0.717, 1.165) is 0 Å². The number of nitrogens with one attached hydrogen (secondary N) is 3. The first kappa shape index (κ1) is 28.6. The van der Waals surface area contributed by atoms with Crippen LogP contribution >= 0.6 is 12.6 Å². The van der Waals surface area contributed by atoms with Gasteiger partial charge in [0.25, 0.3) is 0 Å². The maximum Gasteiger partial charge on any atom is 0.328 e. The quantitative estimate of drug-likeness (QED) is 0.134. The molecule has 0 aromatic rings. The molecule has 0 aliphatic rings. The highest BCUT2D eigenvalue weighted by atomic mass is 32.1. The monoisotopic (exact) mass is 464 g/mol. The third-order valence-electron chi connectivity index (χ3n) is 4.66. The minimum atomic E-state index is -1.58. The first-order chi connectivity index (χ1) is 14.3. The Morgan fingerprint density at radius 3 is 1.90 bits per heavy atom. The van der Waals surface area contributed by atoms with Gasteiger partial charge >= 0.3 is 11.9 Å². The van der Waals surface area contributed by atoms with Gasteiger partial charge in [0.2, 0.25) is 17.7 Å². The molecule has 178 valence electrons. The number of nitrogens with two attached hydrogens (primary N) is 1. The fraction of sp³-hybridized carbons (Fsp3) is 0.722. The van der Waals surface area contributed by atoms with Crippen LogP contribution < -0.4 is 21.7 Å². The lowest BCUT2D eigenvalue weighted by Crippen LogP contribution is -2.60. The first-order valence-electron chi connectivity index (χ1n) is 9.75. The van der Waals surface area contributed by atoms with Crippen molar-refractivity contribution in [3.63, 3.8) is 0 Å². The Bertz CT molecular complexity index is 660. The van der Waals surface area contributed by atoms with Crippen LogP contribution in [0.25, 0.3) is 0 Å². The zero-order valence-corrected chi connectivity index (χ0v) is 18.6. The summed E-state index contributed by atoms with van der Waals surface area (Å²) in [7, 11) is 0. The van der Waals surface area contributed by atoms with Crippen LogP contribution in [-0.2, 0) is 24.0 Å². The average Bonchev–Trinajstić information content (AvgIpc) is 2.70. The van der Waals surface area contributed by atoms with Crippen molar-refractivity contribution in [1.82, 2.24) is 16.0 Å². The van der Waals surface area contributed by atoms with Crippen LogP contribution in [0.3, 0.4) is 0 Å². The lowest BCUT2D eigenvalue weighted by Gasteiger charge is -2.27. The van der Waals surface area contributed by atoms with Crippen molar-refractivity contribution >= 4 is 42.3 Å². The van der Waals surface area contributed by atoms with Crippen molar-refractivity contribution in [2.45, 2.75) is 70.3 Å². The summed E-state index contributed by atoms with van der Waals surface area (Å²) >= 11 is 4.00. The third kappa shape index (κ3) is 9.98. The van der Waals surface area contributed by atoms with Gasteiger partial charge < -0.3 is 37.0 Å². The van der Waals surface area contributed by atoms with Crippen LogP contribution in [0.4, 0.5) is 0 Å². The molecule has 12 nitrogen and oxygen atoms in total. The summed E-state index contributed by atoms with van der Waals surface area (Å²) < 4.78 is 0. The molecule has 0 saturated heterocycles. The summed E-state index contributed by atoms with van der Waals surface area (Å²) in [5.41, 5.74) is 5.68. The van der Waals surface area contributed by atoms with E-state index in [-0.39, 0.29) is 24.5 Å². The highest BCUT2D eigenvalue weighted by Gasteiger charge is 2.33. The van der Waals surface area contributed by atoms with E-state index in [9.17, 15) is 29.1 Å². The van der Waals surface area contributed by atoms with E-state index in [1.165, 1.54) is 6.92 Å². The largest absolute Gasteiger partial charge is 0.481 e. The SMILES string of the molecule is CCC(C)C(NC(=O)C(N)CCC(=O)O)C(=O)NC(CS)C(=O)NC(C(=O)O)C(C)O. The summed E-state index contributed by atoms with van der Waals surface area (Å²) in [6, 6.07) is -5.03. The number of hydrogen-bond donors (Lipinski definition) is 8. The van der Waals surface area contributed by atoms with Gasteiger partial charge in [-0.1, -0.05) is 20.3 Å². The number of carboxylic acid groups (broad SMARTS) is 2. The van der Waals surface area contributed by atoms with E-state index in [2.05, 4.69) is 28.6 Å². The number of hydrogen-bond acceptors (Lipinski definition) is 8. The van der Waals surface area contributed by atoms with Gasteiger partial charge in [-0.3, -0.25) is 19.2 Å². The predicted molar refractivity (Wildman–Crippen MR) is 113 cm³/mol. The lowest BCUT2D eigenvalue weighted by atomic mass is 9.97. The van der Waals surface area contributed by atoms with Crippen molar-refractivity contribution in [3.05, 3.63) is 0 Å². The van der Waals surface area contributed by atoms with Crippen molar-refractivity contribution in [2.75, 3.05) is 5.75 Å². The molecule has 0 heterocycles. The Hall–Kier alpha value is -2.38. The topological polar surface area (TPSA) is 208 Å². The number of amides is 3. The Balaban J connectivity index is 5.27. The highest BCUT2D eigenvalue weighted by molar-refractivity contribution is 7.80. The van der Waals surface area contributed by atoms with Gasteiger partial charge in [0.1, 0.15) is 12.1 Å². The molecule has 0 fully saturated rings. The van der Waals surface area contributed by atoms with E-state index in [1.807, 2.05) is 0 Å². The molecular formula is C18H32N4O8S. The van der Waals surface area contributed by atoms with Gasteiger partial charge in [-0.15, -0.1) is 0 Å². The molecule has 8 N–H and O–H groups in total. The Labute approximate surface area is 185 Å². The highest BCUT2D eigenvalue weighted by Crippen LogP contribution is 2.10. The number of rotatable bonds is 14. The zero-order chi connectivity index (χ0) is 24.3. The summed E-state index contributed by atoms with van der Waals surface area (Å²) in [4.78, 5) is 59.2. The van der Waals surface area contributed by atoms with Crippen LogP contribution in [0.5, 0.6) is 0 Å². The standard InChI is InChI=1S/C18H32N4O8S/c1-4-8(2)13(21-15(26)10(19)5-6-12(24)25)17(28)20-11(7-31)16(27)22-14(9(3)23)18(29)30/h8-11,13-14,23,31H,4-7,19H2,1-3H3,(H,20,28)(H,21,26)(H,22,27)(H,24,25)(H,29,30). The predicted octanol–water partition coefficient (Wildman–Crippen LogP) is -1.93. The lowest BCUT2D eigenvalue weighted by molar-refractivity contribution is -0.145. The molecule has 0 saturated carbocycles. The molecule has 31 heavy (non-hydrogen) atoms. The number of aliphatic hydroxyl groups excluding tert-OH is 1. The fourth-order valence-corrected chi connectivity index (χ4v) is 2.73. The van der Waals surface area contributed by atoms with Gasteiger partial charge in [-0.05, 0) is 19.3 Å². The van der Waals surface area contributed by atoms with E-state index in [1.54, 1.807) is 13.8 Å². The molecule has 0 aromatic carbocycles. The molecular weight excluding hydrogens is 432 g/mol. The molecule has 13 heteroatoms. The van der Waals surface area contributed by atoms with Crippen LogP contribution in [0.15, 0.2) is 0 Å². The van der Waals surface area contributed by atoms with Crippen molar-refractivity contribution in [2.24, 2.45) is 11.7 Å². The minimum absolute atomic E-state index is 0.117. The van der Waals surface area contributed by atoms with E-state index in [4.69, 9.17) is 15.9 Å². The molecule has 0 aliphatic carbocycles. The normalized spacial score (nSPS) is 16.7. The van der Waals surface area contributed by atoms with Crippen molar-refractivity contribution < 1.29 is 39.3 Å². The number of thiol groups is 1. The Morgan fingerprint density at radius 2 is 1.48 bits per heavy atom. The number of carboxylic acids is 2. The average molecular weight is 465 g/mol. The molecule has 6 unspecified atom stereocenters. The Morgan fingerprint density at radius 1 is 0.935 bits per heavy atom. The molecule has 0 radical (unpaired) electrons. The summed E-state index contributed by atoms with van der Waals surface area (Å²) in [5.74, 6) is -5.40. The third-order valence-corrected chi connectivity index (χ3v) is 5.03. The maximum atomic E-state index is 12.8. The van der Waals surface area contributed by atoms with Crippen LogP contribution in [-0.4, -0.2) is 81.0 Å². The first-order valence-corrected chi connectivity index (χ1v) is 10.4. The summed E-state index contributed by atoms with van der Waals surface area (Å²) in [6.07, 6.45) is -1.32.